The topological polar surface area (TPSA) is 0 Å². The van der Waals surface area contributed by atoms with Gasteiger partial charge in [0.25, 0.3) is 0 Å². The lowest BCUT2D eigenvalue weighted by molar-refractivity contribution is 0.257. The van der Waals surface area contributed by atoms with Crippen molar-refractivity contribution in [1.29, 1.82) is 0 Å². The minimum Gasteiger partial charge on any atom is -0.0999 e. The first-order valence-corrected chi connectivity index (χ1v) is 11.7. The predicted molar refractivity (Wildman–Crippen MR) is 125 cm³/mol. The van der Waals surface area contributed by atoms with E-state index in [4.69, 9.17) is 0 Å². The van der Waals surface area contributed by atoms with Crippen molar-refractivity contribution in [3.8, 4) is 0 Å². The number of rotatable bonds is 9. The molecule has 1 saturated carbocycles. The van der Waals surface area contributed by atoms with Crippen molar-refractivity contribution in [2.75, 3.05) is 0 Å². The third-order valence-corrected chi connectivity index (χ3v) is 7.72. The average molecular weight is 377 g/mol. The fourth-order valence-electron chi connectivity index (χ4n) is 5.01. The van der Waals surface area contributed by atoms with Gasteiger partial charge in [-0.1, -0.05) is 88.2 Å². The highest BCUT2D eigenvalue weighted by molar-refractivity contribution is 5.85. The molecule has 0 amide bonds. The second kappa shape index (κ2) is 9.77. The van der Waals surface area contributed by atoms with Crippen LogP contribution in [0.2, 0.25) is 0 Å². The van der Waals surface area contributed by atoms with Crippen LogP contribution in [-0.4, -0.2) is 0 Å². The molecule has 0 atom stereocenters. The summed E-state index contributed by atoms with van der Waals surface area (Å²) in [4.78, 5) is 0. The van der Waals surface area contributed by atoms with E-state index in [1.165, 1.54) is 80.6 Å². The Morgan fingerprint density at radius 3 is 2.29 bits per heavy atom. The van der Waals surface area contributed by atoms with Crippen LogP contribution in [0.1, 0.15) is 84.1 Å². The van der Waals surface area contributed by atoms with Crippen LogP contribution in [0.3, 0.4) is 0 Å². The Morgan fingerprint density at radius 1 is 0.929 bits per heavy atom. The van der Waals surface area contributed by atoms with Gasteiger partial charge in [0.15, 0.2) is 0 Å². The van der Waals surface area contributed by atoms with Gasteiger partial charge in [-0.3, -0.25) is 0 Å². The van der Waals surface area contributed by atoms with E-state index >= 15 is 0 Å². The van der Waals surface area contributed by atoms with Crippen molar-refractivity contribution in [2.45, 2.75) is 85.0 Å². The third-order valence-electron chi connectivity index (χ3n) is 7.72. The lowest BCUT2D eigenvalue weighted by Gasteiger charge is -2.31. The second-order valence-electron chi connectivity index (χ2n) is 9.70. The maximum atomic E-state index is 4.44. The monoisotopic (exact) mass is 376 g/mol. The zero-order chi connectivity index (χ0) is 20.0. The maximum Gasteiger partial charge on any atom is -0.0152 e. The average Bonchev–Trinajstić information content (AvgIpc) is 2.74. The summed E-state index contributed by atoms with van der Waals surface area (Å²) in [5.41, 5.74) is 3.56. The Balaban J connectivity index is 1.46. The van der Waals surface area contributed by atoms with E-state index < -0.39 is 0 Å². The fraction of sp³-hybridized carbons (Fsp3) is 0.571. The van der Waals surface area contributed by atoms with Gasteiger partial charge in [0, 0.05) is 0 Å². The molecule has 2 aromatic rings. The van der Waals surface area contributed by atoms with Crippen molar-refractivity contribution in [3.05, 3.63) is 60.2 Å². The molecule has 1 aliphatic carbocycles. The van der Waals surface area contributed by atoms with Crippen LogP contribution < -0.4 is 0 Å². The third kappa shape index (κ3) is 5.49. The molecule has 0 heteroatoms. The van der Waals surface area contributed by atoms with Crippen LogP contribution >= 0.6 is 0 Å². The first-order valence-electron chi connectivity index (χ1n) is 11.7. The molecule has 0 nitrogen and oxygen atoms in total. The molecule has 0 spiro atoms. The minimum atomic E-state index is 0.513. The molecule has 0 bridgehead atoms. The largest absolute Gasteiger partial charge is 0.0999 e. The second-order valence-corrected chi connectivity index (χ2v) is 9.70. The summed E-state index contributed by atoms with van der Waals surface area (Å²) < 4.78 is 0. The molecule has 0 saturated heterocycles. The van der Waals surface area contributed by atoms with Gasteiger partial charge in [-0.2, -0.15) is 0 Å². The van der Waals surface area contributed by atoms with E-state index in [0.717, 1.165) is 11.8 Å². The van der Waals surface area contributed by atoms with E-state index in [0.29, 0.717) is 5.41 Å². The number of hydrogen-bond donors (Lipinski definition) is 0. The first-order chi connectivity index (χ1) is 13.5. The normalized spacial score (nSPS) is 20.4. The molecule has 3 rings (SSSR count). The van der Waals surface area contributed by atoms with Gasteiger partial charge in [0.1, 0.15) is 0 Å². The highest BCUT2D eigenvalue weighted by Crippen LogP contribution is 2.37. The summed E-state index contributed by atoms with van der Waals surface area (Å²) in [6.07, 6.45) is 13.2. The molecule has 0 aromatic heterocycles. The minimum absolute atomic E-state index is 0.513. The van der Waals surface area contributed by atoms with Crippen molar-refractivity contribution < 1.29 is 0 Å². The Hall–Kier alpha value is -1.56. The zero-order valence-corrected chi connectivity index (χ0v) is 18.5. The summed E-state index contributed by atoms with van der Waals surface area (Å²) in [6.45, 7) is 11.6. The van der Waals surface area contributed by atoms with Crippen LogP contribution in [0, 0.1) is 17.3 Å². The number of allylic oxidation sites excluding steroid dienone is 1. The molecule has 0 heterocycles. The van der Waals surface area contributed by atoms with Crippen LogP contribution in [0.4, 0.5) is 0 Å². The van der Waals surface area contributed by atoms with Crippen LogP contribution in [0.15, 0.2) is 54.6 Å². The van der Waals surface area contributed by atoms with Crippen LogP contribution in [0.25, 0.3) is 10.8 Å². The quantitative estimate of drug-likeness (QED) is 0.384. The molecular weight excluding hydrogens is 336 g/mol. The summed E-state index contributed by atoms with van der Waals surface area (Å²) in [7, 11) is 0. The van der Waals surface area contributed by atoms with Gasteiger partial charge in [-0.05, 0) is 85.0 Å². The molecule has 0 N–H and O–H groups in total. The van der Waals surface area contributed by atoms with Crippen molar-refractivity contribution in [2.24, 2.45) is 17.3 Å². The molecule has 28 heavy (non-hydrogen) atoms. The van der Waals surface area contributed by atoms with Gasteiger partial charge < -0.3 is 0 Å². The van der Waals surface area contributed by atoms with E-state index in [1.54, 1.807) is 5.56 Å². The Bertz CT molecular complexity index is 751. The molecule has 2 aromatic carbocycles. The van der Waals surface area contributed by atoms with Crippen molar-refractivity contribution in [3.63, 3.8) is 0 Å². The molecule has 0 radical (unpaired) electrons. The molecular formula is C28H40. The molecule has 1 aliphatic rings. The van der Waals surface area contributed by atoms with Gasteiger partial charge in [-0.15, -0.1) is 0 Å². The van der Waals surface area contributed by atoms with Gasteiger partial charge in [0.05, 0.1) is 0 Å². The molecule has 0 unspecified atom stereocenters. The lowest BCUT2D eigenvalue weighted by Crippen LogP contribution is -2.18. The Labute approximate surface area is 173 Å². The molecule has 0 aliphatic heterocycles. The predicted octanol–water partition coefficient (Wildman–Crippen LogP) is 8.74. The Kier molecular flexibility index (Phi) is 7.38. The lowest BCUT2D eigenvalue weighted by atomic mass is 9.75. The van der Waals surface area contributed by atoms with E-state index in [-0.39, 0.29) is 0 Å². The molecule has 152 valence electrons. The highest BCUT2D eigenvalue weighted by Gasteiger charge is 2.24. The Morgan fingerprint density at radius 2 is 1.57 bits per heavy atom. The van der Waals surface area contributed by atoms with E-state index in [9.17, 15) is 0 Å². The SMILES string of the molecule is C=C(CCC(C)(CC)CC)CC1CCC(Cc2cccc3ccccc23)CC1. The van der Waals surface area contributed by atoms with Gasteiger partial charge in [0.2, 0.25) is 0 Å². The van der Waals surface area contributed by atoms with Crippen LogP contribution in [-0.2, 0) is 6.42 Å². The summed E-state index contributed by atoms with van der Waals surface area (Å²) in [5, 5.41) is 2.84. The van der Waals surface area contributed by atoms with Gasteiger partial charge in [-0.25, -0.2) is 0 Å². The van der Waals surface area contributed by atoms with Crippen LogP contribution in [0.5, 0.6) is 0 Å². The summed E-state index contributed by atoms with van der Waals surface area (Å²) in [5.74, 6) is 1.74. The van der Waals surface area contributed by atoms with Gasteiger partial charge >= 0.3 is 0 Å². The summed E-state index contributed by atoms with van der Waals surface area (Å²) in [6, 6.07) is 15.7. The number of fused-ring (bicyclic) bond motifs is 1. The molecule has 1 fully saturated rings. The maximum absolute atomic E-state index is 4.44. The van der Waals surface area contributed by atoms with Crippen molar-refractivity contribution >= 4 is 10.8 Å². The standard InChI is InChI=1S/C28H40/c1-5-28(4,6-2)19-18-22(3)20-23-14-16-24(17-15-23)21-26-12-9-11-25-10-7-8-13-27(25)26/h7-13,23-24H,3,5-6,14-21H2,1-2,4H3. The first kappa shape index (κ1) is 21.2. The van der Waals surface area contributed by atoms with E-state index in [1.807, 2.05) is 0 Å². The zero-order valence-electron chi connectivity index (χ0n) is 18.5. The van der Waals surface area contributed by atoms with Crippen molar-refractivity contribution in [1.82, 2.24) is 0 Å². The fourth-order valence-corrected chi connectivity index (χ4v) is 5.01. The van der Waals surface area contributed by atoms with E-state index in [2.05, 4.69) is 69.8 Å². The highest BCUT2D eigenvalue weighted by atomic mass is 14.3. The number of benzene rings is 2. The summed E-state index contributed by atoms with van der Waals surface area (Å²) >= 11 is 0. The number of hydrogen-bond acceptors (Lipinski definition) is 0. The smallest absolute Gasteiger partial charge is 0.0152 e.